The fourth-order valence-corrected chi connectivity index (χ4v) is 6.04. The van der Waals surface area contributed by atoms with E-state index in [0.717, 1.165) is 5.56 Å². The lowest BCUT2D eigenvalue weighted by Crippen LogP contribution is -2.30. The Bertz CT molecular complexity index is 1460. The van der Waals surface area contributed by atoms with Gasteiger partial charge in [0.2, 0.25) is 10.0 Å². The minimum atomic E-state index is -3.68. The van der Waals surface area contributed by atoms with Crippen molar-refractivity contribution in [2.75, 3.05) is 18.0 Å². The molecule has 0 bridgehead atoms. The van der Waals surface area contributed by atoms with Gasteiger partial charge < -0.3 is 9.42 Å². The zero-order valence-electron chi connectivity index (χ0n) is 18.4. The van der Waals surface area contributed by atoms with E-state index in [-0.39, 0.29) is 17.3 Å². The minimum Gasteiger partial charge on any atom is -0.356 e. The molecule has 0 fully saturated rings. The molecule has 0 radical (unpaired) electrons. The van der Waals surface area contributed by atoms with E-state index >= 15 is 0 Å². The lowest BCUT2D eigenvalue weighted by Gasteiger charge is -2.20. The summed E-state index contributed by atoms with van der Waals surface area (Å²) in [5.41, 5.74) is 2.68. The van der Waals surface area contributed by atoms with Crippen LogP contribution in [-0.2, 0) is 16.6 Å². The van der Waals surface area contributed by atoms with Gasteiger partial charge in [0, 0.05) is 41.1 Å². The first-order chi connectivity index (χ1) is 16.0. The van der Waals surface area contributed by atoms with Gasteiger partial charge in [-0.25, -0.2) is 8.42 Å². The van der Waals surface area contributed by atoms with Crippen molar-refractivity contribution in [3.63, 3.8) is 0 Å². The van der Waals surface area contributed by atoms with E-state index in [9.17, 15) is 13.2 Å². The summed E-state index contributed by atoms with van der Waals surface area (Å²) in [4.78, 5) is 15.1. The Morgan fingerprint density at radius 2 is 1.73 bits per heavy atom. The summed E-state index contributed by atoms with van der Waals surface area (Å²) >= 11 is 0. The molecule has 0 spiro atoms. The molecule has 3 aromatic carbocycles. The summed E-state index contributed by atoms with van der Waals surface area (Å²) in [5, 5.41) is 5.36. The highest BCUT2D eigenvalue weighted by Crippen LogP contribution is 2.41. The zero-order valence-corrected chi connectivity index (χ0v) is 19.2. The van der Waals surface area contributed by atoms with Gasteiger partial charge in [-0.2, -0.15) is 4.31 Å². The maximum Gasteiger partial charge on any atom is 0.259 e. The van der Waals surface area contributed by atoms with Crippen LogP contribution >= 0.6 is 0 Å². The second-order valence-corrected chi connectivity index (χ2v) is 9.75. The molecule has 0 N–H and O–H groups in total. The summed E-state index contributed by atoms with van der Waals surface area (Å²) in [6, 6.07) is 20.0. The normalized spacial score (nSPS) is 13.4. The molecule has 2 heterocycles. The molecule has 0 saturated carbocycles. The molecule has 8 heteroatoms. The molecule has 7 nitrogen and oxygen atoms in total. The number of benzene rings is 3. The average molecular weight is 462 g/mol. The van der Waals surface area contributed by atoms with Crippen LogP contribution in [0.3, 0.4) is 0 Å². The number of carbonyl (C=O) groups excluding carboxylic acids is 1. The average Bonchev–Trinajstić information content (AvgIpc) is 3.40. The van der Waals surface area contributed by atoms with Crippen molar-refractivity contribution < 1.29 is 17.7 Å². The largest absolute Gasteiger partial charge is 0.356 e. The molecular weight excluding hydrogens is 438 g/mol. The van der Waals surface area contributed by atoms with Gasteiger partial charge in [-0.3, -0.25) is 4.79 Å². The topological polar surface area (TPSA) is 83.7 Å². The maximum atomic E-state index is 13.3. The van der Waals surface area contributed by atoms with Crippen LogP contribution in [0.25, 0.3) is 22.1 Å². The van der Waals surface area contributed by atoms with Crippen LogP contribution in [0.4, 0.5) is 5.69 Å². The lowest BCUT2D eigenvalue weighted by molar-refractivity contribution is 0.0991. The smallest absolute Gasteiger partial charge is 0.259 e. The quantitative estimate of drug-likeness (QED) is 0.399. The molecule has 4 aromatic rings. The van der Waals surface area contributed by atoms with E-state index in [0.29, 0.717) is 46.6 Å². The number of nitrogens with zero attached hydrogens (tertiary/aromatic N) is 3. The molecule has 0 aliphatic carbocycles. The molecule has 1 aromatic heterocycles. The predicted molar refractivity (Wildman–Crippen MR) is 127 cm³/mol. The number of aromatic nitrogens is 1. The fourth-order valence-electron chi connectivity index (χ4n) is 4.39. The van der Waals surface area contributed by atoms with Crippen molar-refractivity contribution in [3.8, 4) is 11.3 Å². The molecule has 1 aliphatic rings. The number of sulfonamides is 1. The van der Waals surface area contributed by atoms with Gasteiger partial charge in [-0.15, -0.1) is 0 Å². The van der Waals surface area contributed by atoms with Gasteiger partial charge >= 0.3 is 0 Å². The third-order valence-corrected chi connectivity index (χ3v) is 8.11. The fraction of sp³-hybridized carbons (Fsp3) is 0.200. The first kappa shape index (κ1) is 21.4. The van der Waals surface area contributed by atoms with Gasteiger partial charge in [0.25, 0.3) is 5.91 Å². The number of hydrogen-bond donors (Lipinski definition) is 0. The van der Waals surface area contributed by atoms with E-state index in [4.69, 9.17) is 4.52 Å². The SMILES string of the molecule is CCN(CC)S(=O)(=O)c1ccc2c3c(cccc13)C(=O)N2Cc1cc(-c2ccccc2)on1. The highest BCUT2D eigenvalue weighted by atomic mass is 32.2. The number of anilines is 1. The first-order valence-electron chi connectivity index (χ1n) is 10.8. The monoisotopic (exact) mass is 461 g/mol. The first-order valence-corrected chi connectivity index (χ1v) is 12.3. The van der Waals surface area contributed by atoms with E-state index in [2.05, 4.69) is 5.16 Å². The predicted octanol–water partition coefficient (Wildman–Crippen LogP) is 4.69. The molecule has 168 valence electrons. The van der Waals surface area contributed by atoms with Crippen molar-refractivity contribution in [1.82, 2.24) is 9.46 Å². The summed E-state index contributed by atoms with van der Waals surface area (Å²) < 4.78 is 33.4. The highest BCUT2D eigenvalue weighted by molar-refractivity contribution is 7.89. The molecule has 0 saturated heterocycles. The molecule has 1 amide bonds. The Balaban J connectivity index is 1.55. The van der Waals surface area contributed by atoms with Crippen molar-refractivity contribution >= 4 is 32.4 Å². The maximum absolute atomic E-state index is 13.3. The molecule has 0 unspecified atom stereocenters. The van der Waals surface area contributed by atoms with Crippen LogP contribution in [0.2, 0.25) is 0 Å². The van der Waals surface area contributed by atoms with Gasteiger partial charge in [0.05, 0.1) is 17.1 Å². The van der Waals surface area contributed by atoms with Crippen LogP contribution in [0.1, 0.15) is 29.9 Å². The van der Waals surface area contributed by atoms with Crippen molar-refractivity contribution in [2.45, 2.75) is 25.3 Å². The molecule has 5 rings (SSSR count). The van der Waals surface area contributed by atoms with E-state index in [1.807, 2.05) is 50.2 Å². The summed E-state index contributed by atoms with van der Waals surface area (Å²) in [5.74, 6) is 0.442. The third kappa shape index (κ3) is 3.42. The molecule has 1 aliphatic heterocycles. The Morgan fingerprint density at radius 3 is 2.45 bits per heavy atom. The molecule has 33 heavy (non-hydrogen) atoms. The van der Waals surface area contributed by atoms with Gasteiger partial charge in [0.1, 0.15) is 5.69 Å². The van der Waals surface area contributed by atoms with Crippen LogP contribution < -0.4 is 4.90 Å². The van der Waals surface area contributed by atoms with E-state index < -0.39 is 10.0 Å². The van der Waals surface area contributed by atoms with Crippen molar-refractivity contribution in [2.24, 2.45) is 0 Å². The summed E-state index contributed by atoms with van der Waals surface area (Å²) in [7, 11) is -3.68. The Kier molecular flexibility index (Phi) is 5.26. The number of amides is 1. The van der Waals surface area contributed by atoms with Gasteiger partial charge in [0.15, 0.2) is 5.76 Å². The number of carbonyl (C=O) groups is 1. The highest BCUT2D eigenvalue weighted by Gasteiger charge is 2.34. The Hall–Kier alpha value is -3.49. The van der Waals surface area contributed by atoms with Crippen LogP contribution in [0, 0.1) is 0 Å². The van der Waals surface area contributed by atoms with Crippen LogP contribution in [-0.4, -0.2) is 36.9 Å². The number of rotatable bonds is 7. The zero-order chi connectivity index (χ0) is 23.2. The van der Waals surface area contributed by atoms with Gasteiger partial charge in [-0.05, 0) is 18.2 Å². The Labute approximate surface area is 192 Å². The Morgan fingerprint density at radius 1 is 0.970 bits per heavy atom. The van der Waals surface area contributed by atoms with Gasteiger partial charge in [-0.1, -0.05) is 61.5 Å². The summed E-state index contributed by atoms with van der Waals surface area (Å²) in [6.07, 6.45) is 0. The lowest BCUT2D eigenvalue weighted by atomic mass is 10.1. The second-order valence-electron chi connectivity index (χ2n) is 7.84. The van der Waals surface area contributed by atoms with Crippen molar-refractivity contribution in [1.29, 1.82) is 0 Å². The van der Waals surface area contributed by atoms with Crippen LogP contribution in [0.5, 0.6) is 0 Å². The molecule has 0 atom stereocenters. The standard InChI is InChI=1S/C25H23N3O4S/c1-3-27(4-2)33(30,31)23-14-13-21-24-19(23)11-8-12-20(24)25(29)28(21)16-18-15-22(32-26-18)17-9-6-5-7-10-17/h5-15H,3-4,16H2,1-2H3. The van der Waals surface area contributed by atoms with E-state index in [1.165, 1.54) is 4.31 Å². The van der Waals surface area contributed by atoms with Crippen molar-refractivity contribution in [3.05, 3.63) is 78.0 Å². The van der Waals surface area contributed by atoms with E-state index in [1.54, 1.807) is 35.2 Å². The minimum absolute atomic E-state index is 0.183. The second kappa shape index (κ2) is 8.13. The summed E-state index contributed by atoms with van der Waals surface area (Å²) in [6.45, 7) is 4.61. The van der Waals surface area contributed by atoms with Crippen LogP contribution in [0.15, 0.2) is 76.1 Å². The number of hydrogen-bond acceptors (Lipinski definition) is 5. The molecular formula is C25H23N3O4S. The third-order valence-electron chi connectivity index (χ3n) is 6.01.